The number of rotatable bonds is 13. The molecule has 5 rings (SSSR count). The molecule has 51 heavy (non-hydrogen) atoms. The van der Waals surface area contributed by atoms with Crippen LogP contribution in [0.25, 0.3) is 0 Å². The Labute approximate surface area is 298 Å². The minimum atomic E-state index is -0.585. The van der Waals surface area contributed by atoms with Gasteiger partial charge >= 0.3 is 0 Å². The zero-order valence-corrected chi connectivity index (χ0v) is 29.6. The zero-order valence-electron chi connectivity index (χ0n) is 29.6. The number of amides is 1. The van der Waals surface area contributed by atoms with E-state index in [4.69, 9.17) is 40.6 Å². The number of benzene rings is 4. The number of methoxy groups -OCH3 is 4. The van der Waals surface area contributed by atoms with E-state index in [2.05, 4.69) is 34.5 Å². The molecule has 1 aliphatic heterocycles. The van der Waals surface area contributed by atoms with E-state index >= 15 is 0 Å². The van der Waals surface area contributed by atoms with Gasteiger partial charge in [0.15, 0.2) is 35.0 Å². The van der Waals surface area contributed by atoms with Crippen molar-refractivity contribution in [1.29, 1.82) is 5.41 Å². The Kier molecular flexibility index (Phi) is 13.4. The highest BCUT2D eigenvalue weighted by Gasteiger charge is 2.20. The van der Waals surface area contributed by atoms with Gasteiger partial charge in [-0.15, -0.1) is 0 Å². The lowest BCUT2D eigenvalue weighted by atomic mass is 9.98. The van der Waals surface area contributed by atoms with Crippen molar-refractivity contribution >= 4 is 29.4 Å². The highest BCUT2D eigenvalue weighted by atomic mass is 16.5. The second-order valence-corrected chi connectivity index (χ2v) is 11.5. The smallest absolute Gasteiger partial charge is 0.291 e. The maximum Gasteiger partial charge on any atom is 0.291 e. The highest BCUT2D eigenvalue weighted by Crippen LogP contribution is 2.34. The summed E-state index contributed by atoms with van der Waals surface area (Å²) in [5, 5.41) is 10.4. The molecular weight excluding hydrogens is 650 g/mol. The van der Waals surface area contributed by atoms with Crippen LogP contribution in [0.15, 0.2) is 84.6 Å². The number of amidine groups is 1. The van der Waals surface area contributed by atoms with Crippen molar-refractivity contribution in [3.63, 3.8) is 0 Å². The first-order valence-corrected chi connectivity index (χ1v) is 16.2. The Balaban J connectivity index is 0.000000233. The molecule has 1 amide bonds. The van der Waals surface area contributed by atoms with Gasteiger partial charge in [0.25, 0.3) is 5.91 Å². The van der Waals surface area contributed by atoms with Crippen LogP contribution < -0.4 is 40.5 Å². The van der Waals surface area contributed by atoms with Crippen LogP contribution in [0.2, 0.25) is 0 Å². The van der Waals surface area contributed by atoms with Crippen molar-refractivity contribution in [1.82, 2.24) is 4.90 Å². The topological polar surface area (TPSA) is 171 Å². The molecule has 0 radical (unpaired) electrons. The van der Waals surface area contributed by atoms with E-state index in [1.54, 1.807) is 45.4 Å². The normalized spacial score (nSPS) is 12.4. The van der Waals surface area contributed by atoms with Crippen LogP contribution in [0.1, 0.15) is 39.5 Å². The molecule has 0 unspecified atom stereocenters. The van der Waals surface area contributed by atoms with Gasteiger partial charge in [-0.2, -0.15) is 0 Å². The Morgan fingerprint density at radius 1 is 0.863 bits per heavy atom. The number of nitrogens with one attached hydrogen (secondary N) is 2. The fourth-order valence-corrected chi connectivity index (χ4v) is 5.52. The zero-order chi connectivity index (χ0) is 36.9. The summed E-state index contributed by atoms with van der Waals surface area (Å²) in [5.41, 5.74) is 17.0. The van der Waals surface area contributed by atoms with E-state index in [0.717, 1.165) is 49.7 Å². The summed E-state index contributed by atoms with van der Waals surface area (Å²) in [5.74, 6) is 1.74. The molecule has 0 saturated heterocycles. The fourth-order valence-electron chi connectivity index (χ4n) is 5.52. The van der Waals surface area contributed by atoms with E-state index in [1.807, 2.05) is 12.1 Å². The molecule has 268 valence electrons. The summed E-state index contributed by atoms with van der Waals surface area (Å²) in [7, 11) is 6.28. The molecule has 4 aromatic carbocycles. The average Bonchev–Trinajstić information content (AvgIpc) is 3.15. The van der Waals surface area contributed by atoms with Gasteiger partial charge in [-0.25, -0.2) is 0 Å². The first-order chi connectivity index (χ1) is 24.6. The largest absolute Gasteiger partial charge is 0.493 e. The summed E-state index contributed by atoms with van der Waals surface area (Å²) in [6, 6.07) is 21.9. The quantitative estimate of drug-likeness (QED) is 0.0344. The van der Waals surface area contributed by atoms with Gasteiger partial charge in [0.1, 0.15) is 11.6 Å². The molecule has 4 aromatic rings. The minimum absolute atomic E-state index is 0.0291. The summed E-state index contributed by atoms with van der Waals surface area (Å²) in [6.45, 7) is 4.72. The molecule has 1 aliphatic rings. The van der Waals surface area contributed by atoms with Crippen molar-refractivity contribution in [2.24, 2.45) is 5.73 Å². The van der Waals surface area contributed by atoms with Crippen molar-refractivity contribution in [2.45, 2.75) is 26.3 Å². The molecular formula is C39H45N5O7. The third kappa shape index (κ3) is 9.79. The van der Waals surface area contributed by atoms with Gasteiger partial charge in [-0.3, -0.25) is 19.9 Å². The van der Waals surface area contributed by atoms with Crippen LogP contribution in [0, 0.1) is 5.41 Å². The highest BCUT2D eigenvalue weighted by molar-refractivity contribution is 6.09. The number of aldehydes is 1. The average molecular weight is 696 g/mol. The lowest BCUT2D eigenvalue weighted by Gasteiger charge is -2.29. The molecule has 0 aromatic heterocycles. The van der Waals surface area contributed by atoms with Crippen molar-refractivity contribution in [2.75, 3.05) is 52.6 Å². The number of hydrogen-bond acceptors (Lipinski definition) is 10. The number of anilines is 2. The van der Waals surface area contributed by atoms with E-state index in [-0.39, 0.29) is 28.6 Å². The molecule has 0 spiro atoms. The Hall–Kier alpha value is -6.01. The first-order valence-electron chi connectivity index (χ1n) is 16.2. The SMILES string of the molecule is C/C=C(\Oc1ccccc1C=O)C(=O)Nc1cc(OC)c(OC)cc1C(=N)N.COc1cc2c(cc1OC)CN(CCc1ccc(N)cc1)CC2. The predicted octanol–water partition coefficient (Wildman–Crippen LogP) is 5.61. The van der Waals surface area contributed by atoms with Crippen molar-refractivity contribution in [3.05, 3.63) is 112 Å². The number of hydrogen-bond donors (Lipinski definition) is 4. The molecule has 1 heterocycles. The minimum Gasteiger partial charge on any atom is -0.493 e. The molecule has 12 nitrogen and oxygen atoms in total. The monoisotopic (exact) mass is 695 g/mol. The van der Waals surface area contributed by atoms with E-state index in [9.17, 15) is 9.59 Å². The van der Waals surface area contributed by atoms with Gasteiger partial charge in [0.2, 0.25) is 0 Å². The maximum absolute atomic E-state index is 12.7. The summed E-state index contributed by atoms with van der Waals surface area (Å²) >= 11 is 0. The molecule has 6 N–H and O–H groups in total. The molecule has 0 aliphatic carbocycles. The predicted molar refractivity (Wildman–Crippen MR) is 198 cm³/mol. The van der Waals surface area contributed by atoms with Gasteiger partial charge in [0, 0.05) is 37.0 Å². The van der Waals surface area contributed by atoms with Crippen LogP contribution in [-0.2, 0) is 24.2 Å². The van der Waals surface area contributed by atoms with E-state index in [0.29, 0.717) is 23.3 Å². The summed E-state index contributed by atoms with van der Waals surface area (Å²) in [4.78, 5) is 26.3. The fraction of sp³-hybridized carbons (Fsp3) is 0.256. The Bertz CT molecular complexity index is 1870. The number of para-hydroxylation sites is 1. The van der Waals surface area contributed by atoms with Gasteiger partial charge in [-0.05, 0) is 85.0 Å². The lowest BCUT2D eigenvalue weighted by molar-refractivity contribution is -0.114. The second kappa shape index (κ2) is 18.1. The second-order valence-electron chi connectivity index (χ2n) is 11.5. The van der Waals surface area contributed by atoms with Crippen LogP contribution in [0.5, 0.6) is 28.7 Å². The van der Waals surface area contributed by atoms with Crippen LogP contribution >= 0.6 is 0 Å². The summed E-state index contributed by atoms with van der Waals surface area (Å²) < 4.78 is 26.9. The number of carbonyl (C=O) groups excluding carboxylic acids is 2. The van der Waals surface area contributed by atoms with Gasteiger partial charge in [0.05, 0.1) is 39.7 Å². The number of allylic oxidation sites excluding steroid dienone is 1. The first kappa shape index (κ1) is 37.8. The number of fused-ring (bicyclic) bond motifs is 1. The molecule has 0 atom stereocenters. The molecule has 0 bridgehead atoms. The van der Waals surface area contributed by atoms with Crippen LogP contribution in [0.4, 0.5) is 11.4 Å². The molecule has 0 saturated carbocycles. The standard InChI is InChI=1S/C20H21N3O5.C19H24N2O2/c1-4-15(28-16-8-6-5-7-12(16)11-24)20(25)23-14-10-18(27-3)17(26-2)9-13(14)19(21)22;1-22-18-11-15-8-10-21(13-16(15)12-19(18)23-2)9-7-14-3-5-17(20)6-4-14/h4-11H,1-3H3,(H3,21,22)(H,23,25);3-6,11-12H,7-10,13,20H2,1-2H3/b15-4-;. The third-order valence-electron chi connectivity index (χ3n) is 8.31. The lowest BCUT2D eigenvalue weighted by Crippen LogP contribution is -2.32. The number of carbonyl (C=O) groups is 2. The van der Waals surface area contributed by atoms with Crippen LogP contribution in [-0.4, -0.2) is 64.5 Å². The Morgan fingerprint density at radius 2 is 1.47 bits per heavy atom. The number of ether oxygens (including phenoxy) is 5. The van der Waals surface area contributed by atoms with Gasteiger partial charge in [-0.1, -0.05) is 24.3 Å². The van der Waals surface area contributed by atoms with Gasteiger partial charge < -0.3 is 40.5 Å². The van der Waals surface area contributed by atoms with E-state index < -0.39 is 5.91 Å². The summed E-state index contributed by atoms with van der Waals surface area (Å²) in [6.07, 6.45) is 4.20. The number of nitrogens with two attached hydrogens (primary N) is 2. The third-order valence-corrected chi connectivity index (χ3v) is 8.31. The number of nitrogen functional groups attached to an aromatic ring is 2. The Morgan fingerprint density at radius 3 is 2.08 bits per heavy atom. The molecule has 0 fully saturated rings. The van der Waals surface area contributed by atoms with Crippen molar-refractivity contribution < 1.29 is 33.3 Å². The number of nitrogens with zero attached hydrogens (tertiary/aromatic N) is 1. The maximum atomic E-state index is 12.7. The van der Waals surface area contributed by atoms with E-state index in [1.165, 1.54) is 49.1 Å². The van der Waals surface area contributed by atoms with Crippen molar-refractivity contribution in [3.8, 4) is 28.7 Å². The molecule has 12 heteroatoms. The van der Waals surface area contributed by atoms with Crippen LogP contribution in [0.3, 0.4) is 0 Å².